The van der Waals surface area contributed by atoms with Crippen molar-refractivity contribution in [3.8, 4) is 0 Å². The van der Waals surface area contributed by atoms with Crippen LogP contribution in [-0.4, -0.2) is 12.1 Å². The number of hydrogen-bond acceptors (Lipinski definition) is 3. The van der Waals surface area contributed by atoms with Gasteiger partial charge in [0.25, 0.3) is 0 Å². The molecule has 0 bridgehead atoms. The minimum atomic E-state index is -0.260. The fourth-order valence-corrected chi connectivity index (χ4v) is 2.80. The second-order valence-corrected chi connectivity index (χ2v) is 5.80. The molecule has 3 rings (SSSR count). The zero-order valence-corrected chi connectivity index (χ0v) is 11.4. The van der Waals surface area contributed by atoms with E-state index in [1.165, 1.54) is 17.8 Å². The van der Waals surface area contributed by atoms with Crippen molar-refractivity contribution in [3.05, 3.63) is 58.0 Å². The van der Waals surface area contributed by atoms with Crippen LogP contribution in [0.2, 0.25) is 0 Å². The van der Waals surface area contributed by atoms with Crippen molar-refractivity contribution in [1.29, 1.82) is 0 Å². The van der Waals surface area contributed by atoms with Crippen LogP contribution in [0.5, 0.6) is 0 Å². The van der Waals surface area contributed by atoms with Crippen molar-refractivity contribution < 1.29 is 9.18 Å². The van der Waals surface area contributed by atoms with Crippen LogP contribution < -0.4 is 5.43 Å². The van der Waals surface area contributed by atoms with E-state index in [0.29, 0.717) is 10.8 Å². The Bertz CT molecular complexity index is 638. The molecular formula is C15H13FN2OS. The number of nitrogens with one attached hydrogen (secondary N) is 1. The Balaban J connectivity index is 1.53. The number of hydrogen-bond donors (Lipinski definition) is 1. The van der Waals surface area contributed by atoms with E-state index in [4.69, 9.17) is 0 Å². The van der Waals surface area contributed by atoms with Gasteiger partial charge in [0.1, 0.15) is 0 Å². The third-order valence-electron chi connectivity index (χ3n) is 3.32. The summed E-state index contributed by atoms with van der Waals surface area (Å²) >= 11 is 0.994. The molecule has 0 saturated heterocycles. The van der Waals surface area contributed by atoms with Gasteiger partial charge in [-0.3, -0.25) is 4.79 Å². The van der Waals surface area contributed by atoms with Crippen molar-refractivity contribution in [1.82, 2.24) is 5.43 Å². The quantitative estimate of drug-likeness (QED) is 0.681. The maximum Gasteiger partial charge on any atom is 0.243 e. The lowest BCUT2D eigenvalue weighted by Crippen LogP contribution is -2.19. The summed E-state index contributed by atoms with van der Waals surface area (Å²) in [5.41, 5.74) is 3.71. The van der Waals surface area contributed by atoms with E-state index in [0.717, 1.165) is 17.8 Å². The van der Waals surface area contributed by atoms with Gasteiger partial charge in [-0.05, 0) is 30.0 Å². The van der Waals surface area contributed by atoms with Crippen LogP contribution in [0, 0.1) is 11.0 Å². The van der Waals surface area contributed by atoms with Crippen LogP contribution in [0.1, 0.15) is 22.8 Å². The molecule has 20 heavy (non-hydrogen) atoms. The molecule has 1 saturated carbocycles. The van der Waals surface area contributed by atoms with Gasteiger partial charge in [-0.15, -0.1) is 11.3 Å². The van der Waals surface area contributed by atoms with E-state index < -0.39 is 0 Å². The van der Waals surface area contributed by atoms with Gasteiger partial charge >= 0.3 is 0 Å². The van der Waals surface area contributed by atoms with E-state index in [2.05, 4.69) is 10.5 Å². The third-order valence-corrected chi connectivity index (χ3v) is 4.12. The fraction of sp³-hybridized carbons (Fsp3) is 0.200. The Hall–Kier alpha value is -2.01. The lowest BCUT2D eigenvalue weighted by Gasteiger charge is -1.99. The Labute approximate surface area is 120 Å². The van der Waals surface area contributed by atoms with Crippen molar-refractivity contribution in [3.63, 3.8) is 0 Å². The third kappa shape index (κ3) is 2.93. The molecule has 3 nitrogen and oxygen atoms in total. The molecule has 0 aliphatic heterocycles. The number of nitrogens with zero attached hydrogens (tertiary/aromatic N) is 1. The number of halogens is 1. The maximum atomic E-state index is 12.8. The molecule has 5 heteroatoms. The minimum absolute atomic E-state index is 0.00498. The van der Waals surface area contributed by atoms with Crippen LogP contribution in [0.25, 0.3) is 0 Å². The Morgan fingerprint density at radius 1 is 1.30 bits per heavy atom. The highest BCUT2D eigenvalue weighted by Crippen LogP contribution is 2.47. The molecule has 102 valence electrons. The van der Waals surface area contributed by atoms with E-state index in [-0.39, 0.29) is 17.0 Å². The van der Waals surface area contributed by atoms with Crippen LogP contribution in [0.15, 0.2) is 47.6 Å². The van der Waals surface area contributed by atoms with E-state index >= 15 is 0 Å². The Kier molecular flexibility index (Phi) is 3.60. The molecule has 1 aromatic carbocycles. The van der Waals surface area contributed by atoms with Gasteiger partial charge in [-0.25, -0.2) is 5.43 Å². The molecular weight excluding hydrogens is 275 g/mol. The monoisotopic (exact) mass is 288 g/mol. The molecule has 2 aromatic rings. The van der Waals surface area contributed by atoms with Crippen molar-refractivity contribution in [2.75, 3.05) is 0 Å². The first-order chi connectivity index (χ1) is 9.74. The first-order valence-electron chi connectivity index (χ1n) is 6.37. The first kappa shape index (κ1) is 13.0. The summed E-state index contributed by atoms with van der Waals surface area (Å²) in [4.78, 5) is 12.6. The lowest BCUT2D eigenvalue weighted by atomic mass is 10.1. The van der Waals surface area contributed by atoms with Crippen molar-refractivity contribution >= 4 is 23.5 Å². The number of amides is 1. The summed E-state index contributed by atoms with van der Waals surface area (Å²) in [5, 5.41) is 3.60. The predicted octanol–water partition coefficient (Wildman–Crippen LogP) is 3.14. The SMILES string of the molecule is O=C(N/N=C/c1ccc(F)s1)C1CC1c1ccccc1. The summed E-state index contributed by atoms with van der Waals surface area (Å²) in [6, 6.07) is 13.0. The topological polar surface area (TPSA) is 41.5 Å². The summed E-state index contributed by atoms with van der Waals surface area (Å²) in [5.74, 6) is 0.215. The van der Waals surface area contributed by atoms with Gasteiger partial charge in [-0.1, -0.05) is 30.3 Å². The maximum absolute atomic E-state index is 12.8. The predicted molar refractivity (Wildman–Crippen MR) is 77.3 cm³/mol. The molecule has 2 atom stereocenters. The molecule has 1 aliphatic rings. The zero-order chi connectivity index (χ0) is 13.9. The number of benzene rings is 1. The Morgan fingerprint density at radius 2 is 2.10 bits per heavy atom. The average Bonchev–Trinajstić information content (AvgIpc) is 3.17. The number of hydrazone groups is 1. The molecule has 0 spiro atoms. The largest absolute Gasteiger partial charge is 0.273 e. The van der Waals surface area contributed by atoms with Crippen LogP contribution in [0.3, 0.4) is 0 Å². The Morgan fingerprint density at radius 3 is 2.80 bits per heavy atom. The molecule has 1 amide bonds. The lowest BCUT2D eigenvalue weighted by molar-refractivity contribution is -0.122. The van der Waals surface area contributed by atoms with Gasteiger partial charge in [0.05, 0.1) is 11.1 Å². The van der Waals surface area contributed by atoms with Crippen LogP contribution >= 0.6 is 11.3 Å². The standard InChI is InChI=1S/C15H13FN2OS/c16-14-7-6-11(20-14)9-17-18-15(19)13-8-12(13)10-4-2-1-3-5-10/h1-7,9,12-13H,8H2,(H,18,19)/b17-9+. The van der Waals surface area contributed by atoms with E-state index in [1.807, 2.05) is 30.3 Å². The van der Waals surface area contributed by atoms with E-state index in [1.54, 1.807) is 6.07 Å². The van der Waals surface area contributed by atoms with E-state index in [9.17, 15) is 9.18 Å². The highest BCUT2D eigenvalue weighted by atomic mass is 32.1. The van der Waals surface area contributed by atoms with Gasteiger partial charge in [0.15, 0.2) is 5.13 Å². The number of carbonyl (C=O) groups is 1. The normalized spacial score (nSPS) is 21.1. The molecule has 0 radical (unpaired) electrons. The first-order valence-corrected chi connectivity index (χ1v) is 7.19. The summed E-state index contributed by atoms with van der Waals surface area (Å²) in [7, 11) is 0. The second kappa shape index (κ2) is 5.54. The molecule has 1 fully saturated rings. The van der Waals surface area contributed by atoms with Gasteiger partial charge in [0, 0.05) is 5.92 Å². The van der Waals surface area contributed by atoms with Crippen molar-refractivity contribution in [2.24, 2.45) is 11.0 Å². The van der Waals surface area contributed by atoms with Crippen LogP contribution in [-0.2, 0) is 4.79 Å². The number of thiophene rings is 1. The summed E-state index contributed by atoms with van der Waals surface area (Å²) in [6.45, 7) is 0. The number of carbonyl (C=O) groups excluding carboxylic acids is 1. The van der Waals surface area contributed by atoms with Gasteiger partial charge in [0.2, 0.25) is 5.91 Å². The molecule has 1 aromatic heterocycles. The fourth-order valence-electron chi connectivity index (χ4n) is 2.19. The second-order valence-electron chi connectivity index (χ2n) is 4.74. The van der Waals surface area contributed by atoms with Crippen LogP contribution in [0.4, 0.5) is 4.39 Å². The van der Waals surface area contributed by atoms with Gasteiger partial charge < -0.3 is 0 Å². The highest BCUT2D eigenvalue weighted by molar-refractivity contribution is 7.12. The molecule has 1 heterocycles. The smallest absolute Gasteiger partial charge is 0.243 e. The van der Waals surface area contributed by atoms with Crippen molar-refractivity contribution in [2.45, 2.75) is 12.3 Å². The van der Waals surface area contributed by atoms with Gasteiger partial charge in [-0.2, -0.15) is 9.49 Å². The summed E-state index contributed by atoms with van der Waals surface area (Å²) < 4.78 is 12.8. The zero-order valence-electron chi connectivity index (χ0n) is 10.6. The molecule has 2 unspecified atom stereocenters. The highest BCUT2D eigenvalue weighted by Gasteiger charge is 2.43. The molecule has 1 aliphatic carbocycles. The minimum Gasteiger partial charge on any atom is -0.273 e. The summed E-state index contributed by atoms with van der Waals surface area (Å²) in [6.07, 6.45) is 2.32. The number of rotatable bonds is 4. The average molecular weight is 288 g/mol. The molecule has 1 N–H and O–H groups in total.